The van der Waals surface area contributed by atoms with Gasteiger partial charge in [-0.25, -0.2) is 0 Å². The standard InChI is InChI=1S/C58H111NO13/c1-3-5-7-9-11-13-15-17-18-19-20-21-22-23-24-25-26-27-28-30-32-34-36-38-40-42-50(63)59-46(47(62)41-39-37-35-33-31-29-16-14-12-10-8-6-4-2)45-69-57-55(68)53(66)56(49(44-61)71-57)72-58-54(67)52(65)51(64)48(43-60)70-58/h39,41,46-49,51-58,60-62,64-68H,3-38,40,42-45H2,1-2H3,(H,59,63)/b41-39+. The number of nitrogens with one attached hydrogen (secondary N) is 1. The monoisotopic (exact) mass is 1030 g/mol. The molecule has 0 aliphatic carbocycles. The van der Waals surface area contributed by atoms with Gasteiger partial charge in [-0.15, -0.1) is 0 Å². The van der Waals surface area contributed by atoms with E-state index in [1.165, 1.54) is 193 Å². The maximum Gasteiger partial charge on any atom is 0.220 e. The Bertz CT molecular complexity index is 1260. The van der Waals surface area contributed by atoms with Crippen LogP contribution < -0.4 is 5.32 Å². The number of ether oxygens (including phenoxy) is 4. The highest BCUT2D eigenvalue weighted by Crippen LogP contribution is 2.30. The van der Waals surface area contributed by atoms with Crippen LogP contribution in [0.15, 0.2) is 12.2 Å². The number of aliphatic hydroxyl groups is 8. The second-order valence-electron chi connectivity index (χ2n) is 21.5. The number of aliphatic hydroxyl groups excluding tert-OH is 8. The molecule has 1 amide bonds. The van der Waals surface area contributed by atoms with Crippen molar-refractivity contribution in [2.75, 3.05) is 19.8 Å². The van der Waals surface area contributed by atoms with Crippen molar-refractivity contribution in [2.45, 2.75) is 331 Å². The minimum Gasteiger partial charge on any atom is -0.394 e. The zero-order valence-electron chi connectivity index (χ0n) is 45.7. The molecule has 0 aromatic heterocycles. The van der Waals surface area contributed by atoms with Crippen LogP contribution >= 0.6 is 0 Å². The maximum atomic E-state index is 13.2. The van der Waals surface area contributed by atoms with Gasteiger partial charge in [0.05, 0.1) is 32.0 Å². The highest BCUT2D eigenvalue weighted by Gasteiger charge is 2.51. The molecule has 0 bridgehead atoms. The molecular weight excluding hydrogens is 919 g/mol. The molecule has 9 N–H and O–H groups in total. The molecule has 2 saturated heterocycles. The van der Waals surface area contributed by atoms with E-state index in [0.29, 0.717) is 6.42 Å². The van der Waals surface area contributed by atoms with Crippen LogP contribution in [-0.2, 0) is 23.7 Å². The van der Waals surface area contributed by atoms with Crippen LogP contribution in [0, 0.1) is 0 Å². The molecule has 426 valence electrons. The summed E-state index contributed by atoms with van der Waals surface area (Å²) in [7, 11) is 0. The Balaban J connectivity index is 1.71. The smallest absolute Gasteiger partial charge is 0.220 e. The van der Waals surface area contributed by atoms with Crippen molar-refractivity contribution in [3.63, 3.8) is 0 Å². The Morgan fingerprint density at radius 1 is 0.486 bits per heavy atom. The van der Waals surface area contributed by atoms with Gasteiger partial charge in [0, 0.05) is 6.42 Å². The zero-order chi connectivity index (χ0) is 52.4. The summed E-state index contributed by atoms with van der Waals surface area (Å²) in [6, 6.07) is -0.908. The molecule has 0 aromatic carbocycles. The molecule has 2 aliphatic rings. The summed E-state index contributed by atoms with van der Waals surface area (Å²) in [4.78, 5) is 13.2. The minimum atomic E-state index is -1.78. The van der Waals surface area contributed by atoms with Crippen LogP contribution in [0.25, 0.3) is 0 Å². The lowest BCUT2D eigenvalue weighted by molar-refractivity contribution is -0.359. The first-order valence-corrected chi connectivity index (χ1v) is 29.9. The molecule has 0 aromatic rings. The summed E-state index contributed by atoms with van der Waals surface area (Å²) in [5.41, 5.74) is 0. The lowest BCUT2D eigenvalue weighted by Crippen LogP contribution is -2.65. The van der Waals surface area contributed by atoms with E-state index in [1.54, 1.807) is 6.08 Å². The van der Waals surface area contributed by atoms with Crippen molar-refractivity contribution in [2.24, 2.45) is 0 Å². The molecule has 14 heteroatoms. The number of allylic oxidation sites excluding steroid dienone is 1. The van der Waals surface area contributed by atoms with E-state index in [4.69, 9.17) is 18.9 Å². The summed E-state index contributed by atoms with van der Waals surface area (Å²) < 4.78 is 22.8. The van der Waals surface area contributed by atoms with E-state index in [0.717, 1.165) is 38.5 Å². The summed E-state index contributed by atoms with van der Waals surface area (Å²) >= 11 is 0. The Hall–Kier alpha value is -1.27. The molecule has 72 heavy (non-hydrogen) atoms. The van der Waals surface area contributed by atoms with Gasteiger partial charge in [-0.1, -0.05) is 244 Å². The van der Waals surface area contributed by atoms with Gasteiger partial charge in [0.1, 0.15) is 48.8 Å². The second kappa shape index (κ2) is 44.8. The fourth-order valence-electron chi connectivity index (χ4n) is 10.1. The minimum absolute atomic E-state index is 0.234. The zero-order valence-corrected chi connectivity index (χ0v) is 45.7. The SMILES string of the molecule is CCCCCCCCCCCCC/C=C/C(O)C(COC1OC(CO)C(OC2OC(CO)C(O)C(O)C2O)C(O)C1O)NC(=O)CCCCCCCCCCCCCCCCCCCCCCCCCCC. The lowest BCUT2D eigenvalue weighted by atomic mass is 9.97. The first-order valence-electron chi connectivity index (χ1n) is 29.9. The largest absolute Gasteiger partial charge is 0.394 e. The highest BCUT2D eigenvalue weighted by atomic mass is 16.7. The summed E-state index contributed by atoms with van der Waals surface area (Å²) in [5, 5.41) is 87.0. The van der Waals surface area contributed by atoms with Crippen LogP contribution in [0.1, 0.15) is 258 Å². The fraction of sp³-hybridized carbons (Fsp3) is 0.948. The molecule has 0 saturated carbocycles. The Morgan fingerprint density at radius 3 is 1.28 bits per heavy atom. The fourth-order valence-corrected chi connectivity index (χ4v) is 10.1. The average molecular weight is 1030 g/mol. The number of carbonyl (C=O) groups excluding carboxylic acids is 1. The number of unbranched alkanes of at least 4 members (excludes halogenated alkanes) is 35. The van der Waals surface area contributed by atoms with Crippen molar-refractivity contribution in [3.8, 4) is 0 Å². The van der Waals surface area contributed by atoms with Gasteiger partial charge in [0.15, 0.2) is 12.6 Å². The molecule has 14 nitrogen and oxygen atoms in total. The molecule has 2 heterocycles. The normalized spacial score (nSPS) is 25.6. The van der Waals surface area contributed by atoms with E-state index < -0.39 is 86.8 Å². The van der Waals surface area contributed by atoms with Crippen molar-refractivity contribution in [3.05, 3.63) is 12.2 Å². The number of amides is 1. The van der Waals surface area contributed by atoms with Crippen LogP contribution in [0.2, 0.25) is 0 Å². The van der Waals surface area contributed by atoms with Crippen LogP contribution in [0.4, 0.5) is 0 Å². The van der Waals surface area contributed by atoms with Gasteiger partial charge in [-0.05, 0) is 19.3 Å². The third-order valence-electron chi connectivity index (χ3n) is 15.0. The van der Waals surface area contributed by atoms with Gasteiger partial charge in [0.25, 0.3) is 0 Å². The summed E-state index contributed by atoms with van der Waals surface area (Å²) in [5.74, 6) is -0.234. The molecule has 0 spiro atoms. The van der Waals surface area contributed by atoms with Gasteiger partial charge in [0.2, 0.25) is 5.91 Å². The van der Waals surface area contributed by atoms with E-state index in [1.807, 2.05) is 6.08 Å². The lowest BCUT2D eigenvalue weighted by Gasteiger charge is -2.46. The Morgan fingerprint density at radius 2 is 0.861 bits per heavy atom. The first-order chi connectivity index (χ1) is 35.1. The molecule has 2 fully saturated rings. The van der Waals surface area contributed by atoms with E-state index in [9.17, 15) is 45.6 Å². The topological polar surface area (TPSA) is 228 Å². The highest BCUT2D eigenvalue weighted by molar-refractivity contribution is 5.76. The molecule has 2 rings (SSSR count). The number of carbonyl (C=O) groups is 1. The van der Waals surface area contributed by atoms with E-state index in [-0.39, 0.29) is 18.9 Å². The average Bonchev–Trinajstić information content (AvgIpc) is 3.38. The number of hydrogen-bond donors (Lipinski definition) is 9. The first kappa shape index (κ1) is 66.8. The summed E-state index contributed by atoms with van der Waals surface area (Å²) in [6.07, 6.45) is 34.0. The number of hydrogen-bond acceptors (Lipinski definition) is 13. The van der Waals surface area contributed by atoms with Crippen LogP contribution in [0.5, 0.6) is 0 Å². The summed E-state index contributed by atoms with van der Waals surface area (Å²) in [6.45, 7) is 2.82. The predicted octanol–water partition coefficient (Wildman–Crippen LogP) is 9.89. The van der Waals surface area contributed by atoms with Gasteiger partial charge < -0.3 is 65.1 Å². The third-order valence-corrected chi connectivity index (χ3v) is 15.0. The maximum absolute atomic E-state index is 13.2. The predicted molar refractivity (Wildman–Crippen MR) is 286 cm³/mol. The molecule has 2 aliphatic heterocycles. The quantitative estimate of drug-likeness (QED) is 0.0205. The molecular formula is C58H111NO13. The molecule has 0 radical (unpaired) electrons. The number of rotatable bonds is 48. The molecule has 12 atom stereocenters. The van der Waals surface area contributed by atoms with Gasteiger partial charge in [-0.3, -0.25) is 4.79 Å². The van der Waals surface area contributed by atoms with Crippen molar-refractivity contribution in [1.82, 2.24) is 5.32 Å². The van der Waals surface area contributed by atoms with Gasteiger partial charge >= 0.3 is 0 Å². The van der Waals surface area contributed by atoms with Crippen molar-refractivity contribution < 1.29 is 64.6 Å². The molecule has 12 unspecified atom stereocenters. The van der Waals surface area contributed by atoms with Crippen molar-refractivity contribution >= 4 is 5.91 Å². The van der Waals surface area contributed by atoms with E-state index >= 15 is 0 Å². The van der Waals surface area contributed by atoms with Crippen molar-refractivity contribution in [1.29, 1.82) is 0 Å². The Kier molecular flexibility index (Phi) is 41.6. The van der Waals surface area contributed by atoms with Crippen LogP contribution in [0.3, 0.4) is 0 Å². The second-order valence-corrected chi connectivity index (χ2v) is 21.5. The third kappa shape index (κ3) is 30.5. The van der Waals surface area contributed by atoms with Crippen LogP contribution in [-0.4, -0.2) is 140 Å². The van der Waals surface area contributed by atoms with Gasteiger partial charge in [-0.2, -0.15) is 0 Å². The Labute approximate surface area is 437 Å². The van der Waals surface area contributed by atoms with E-state index in [2.05, 4.69) is 19.2 Å².